The number of para-hydroxylation sites is 4. The highest BCUT2D eigenvalue weighted by Gasteiger charge is 2.28. The molecule has 10 aromatic rings. The van der Waals surface area contributed by atoms with Crippen LogP contribution in [0.1, 0.15) is 0 Å². The molecule has 0 fully saturated rings. The van der Waals surface area contributed by atoms with Crippen LogP contribution in [0.25, 0.3) is 82.5 Å². The van der Waals surface area contributed by atoms with Gasteiger partial charge in [0.25, 0.3) is 0 Å². The van der Waals surface area contributed by atoms with Gasteiger partial charge in [-0.25, -0.2) is 0 Å². The normalized spacial score (nSPS) is 12.7. The third-order valence-corrected chi connectivity index (χ3v) is 10.9. The summed E-state index contributed by atoms with van der Waals surface area (Å²) < 4.78 is 7.44. The second kappa shape index (κ2) is 8.94. The molecule has 0 N–H and O–H groups in total. The second-order valence-electron chi connectivity index (χ2n) is 12.2. The van der Waals surface area contributed by atoms with Gasteiger partial charge in [-0.2, -0.15) is 0 Å². The molecule has 46 heavy (non-hydrogen) atoms. The first-order chi connectivity index (χ1) is 22.8. The van der Waals surface area contributed by atoms with Crippen molar-refractivity contribution in [2.75, 3.05) is 0 Å². The molecule has 0 saturated heterocycles. The molecule has 0 aliphatic carbocycles. The van der Waals surface area contributed by atoms with Crippen molar-refractivity contribution in [3.05, 3.63) is 152 Å². The molecule has 3 nitrogen and oxygen atoms in total. The molecule has 0 bridgehead atoms. The molecule has 1 aliphatic heterocycles. The largest absolute Gasteiger partial charge is 0.309 e. The summed E-state index contributed by atoms with van der Waals surface area (Å²) in [5, 5.41) is 9.02. The third kappa shape index (κ3) is 3.09. The van der Waals surface area contributed by atoms with Gasteiger partial charge >= 0.3 is 0 Å². The minimum absolute atomic E-state index is 1.16. The Morgan fingerprint density at radius 3 is 1.93 bits per heavy atom. The minimum Gasteiger partial charge on any atom is -0.309 e. The van der Waals surface area contributed by atoms with Crippen LogP contribution in [0.5, 0.6) is 0 Å². The Kier molecular flexibility index (Phi) is 4.78. The molecule has 1 aliphatic rings. The number of fused-ring (bicyclic) bond motifs is 12. The molecule has 0 saturated carbocycles. The van der Waals surface area contributed by atoms with Crippen LogP contribution >= 0.6 is 11.8 Å². The summed E-state index contributed by atoms with van der Waals surface area (Å²) >= 11 is 1.88. The van der Waals surface area contributed by atoms with Crippen LogP contribution in [0.4, 0.5) is 0 Å². The maximum Gasteiger partial charge on any atom is 0.131 e. The van der Waals surface area contributed by atoms with Crippen molar-refractivity contribution in [1.82, 2.24) is 13.7 Å². The number of hydrogen-bond donors (Lipinski definition) is 0. The SMILES string of the molecule is c1ccc(-n2c3ccccc3c3c4cccc5c4n(c32)-c2cc(-n3c4ccccc4c4c6ccccc6ccc43)ccc2S5)cc1. The maximum absolute atomic E-state index is 2.53. The lowest BCUT2D eigenvalue weighted by Crippen LogP contribution is -2.07. The molecular weight excluding hydrogens is 579 g/mol. The Hall–Kier alpha value is -5.71. The summed E-state index contributed by atoms with van der Waals surface area (Å²) in [6.45, 7) is 0. The van der Waals surface area contributed by atoms with E-state index >= 15 is 0 Å². The average Bonchev–Trinajstić information content (AvgIpc) is 3.76. The molecule has 0 unspecified atom stereocenters. The smallest absolute Gasteiger partial charge is 0.131 e. The Labute approximate surface area is 268 Å². The summed E-state index contributed by atoms with van der Waals surface area (Å²) in [5.74, 6) is 0. The summed E-state index contributed by atoms with van der Waals surface area (Å²) in [6.07, 6.45) is 0. The number of nitrogens with zero attached hydrogens (tertiary/aromatic N) is 3. The van der Waals surface area contributed by atoms with Crippen LogP contribution in [0.2, 0.25) is 0 Å². The van der Waals surface area contributed by atoms with Gasteiger partial charge in [0.2, 0.25) is 0 Å². The highest BCUT2D eigenvalue weighted by molar-refractivity contribution is 7.99. The molecular formula is C42H25N3S. The van der Waals surface area contributed by atoms with E-state index in [9.17, 15) is 0 Å². The van der Waals surface area contributed by atoms with E-state index in [1.54, 1.807) is 0 Å². The molecule has 214 valence electrons. The topological polar surface area (TPSA) is 14.8 Å². The van der Waals surface area contributed by atoms with Gasteiger partial charge in [0.05, 0.1) is 27.8 Å². The van der Waals surface area contributed by atoms with Crippen molar-refractivity contribution < 1.29 is 0 Å². The van der Waals surface area contributed by atoms with E-state index in [-0.39, 0.29) is 0 Å². The van der Waals surface area contributed by atoms with E-state index in [1.165, 1.54) is 86.6 Å². The summed E-state index contributed by atoms with van der Waals surface area (Å²) in [4.78, 5) is 2.55. The van der Waals surface area contributed by atoms with Crippen molar-refractivity contribution in [3.63, 3.8) is 0 Å². The van der Waals surface area contributed by atoms with Crippen LogP contribution in [0.3, 0.4) is 0 Å². The third-order valence-electron chi connectivity index (χ3n) is 9.79. The van der Waals surface area contributed by atoms with E-state index in [2.05, 4.69) is 165 Å². The first-order valence-corrected chi connectivity index (χ1v) is 16.5. The maximum atomic E-state index is 2.53. The molecule has 0 radical (unpaired) electrons. The lowest BCUT2D eigenvalue weighted by molar-refractivity contribution is 1.02. The molecule has 4 heterocycles. The fourth-order valence-electron chi connectivity index (χ4n) is 7.96. The molecule has 0 amide bonds. The van der Waals surface area contributed by atoms with Gasteiger partial charge in [0.1, 0.15) is 5.65 Å². The molecule has 0 atom stereocenters. The highest BCUT2D eigenvalue weighted by Crippen LogP contribution is 2.50. The second-order valence-corrected chi connectivity index (χ2v) is 13.2. The van der Waals surface area contributed by atoms with Gasteiger partial charge in [-0.05, 0) is 65.4 Å². The van der Waals surface area contributed by atoms with E-state index in [4.69, 9.17) is 0 Å². The predicted octanol–water partition coefficient (Wildman–Crippen LogP) is 11.4. The lowest BCUT2D eigenvalue weighted by Gasteiger charge is -2.22. The van der Waals surface area contributed by atoms with Crippen LogP contribution in [0.15, 0.2) is 161 Å². The zero-order chi connectivity index (χ0) is 29.9. The Balaban J connectivity index is 1.28. The van der Waals surface area contributed by atoms with Crippen LogP contribution < -0.4 is 0 Å². The van der Waals surface area contributed by atoms with Gasteiger partial charge in [-0.15, -0.1) is 0 Å². The Morgan fingerprint density at radius 1 is 0.391 bits per heavy atom. The molecule has 4 heteroatoms. The van der Waals surface area contributed by atoms with Crippen molar-refractivity contribution in [2.24, 2.45) is 0 Å². The van der Waals surface area contributed by atoms with Gasteiger partial charge in [-0.3, -0.25) is 9.13 Å². The number of aromatic nitrogens is 3. The van der Waals surface area contributed by atoms with Crippen molar-refractivity contribution in [3.8, 4) is 17.1 Å². The summed E-state index contributed by atoms with van der Waals surface area (Å²) in [6, 6.07) is 55.6. The first-order valence-electron chi connectivity index (χ1n) is 15.7. The lowest BCUT2D eigenvalue weighted by atomic mass is 10.0. The van der Waals surface area contributed by atoms with Crippen molar-refractivity contribution in [2.45, 2.75) is 9.79 Å². The number of rotatable bonds is 2. The van der Waals surface area contributed by atoms with Gasteiger partial charge < -0.3 is 4.57 Å². The van der Waals surface area contributed by atoms with E-state index < -0.39 is 0 Å². The van der Waals surface area contributed by atoms with E-state index in [0.717, 1.165) is 5.69 Å². The number of hydrogen-bond acceptors (Lipinski definition) is 1. The molecule has 3 aromatic heterocycles. The van der Waals surface area contributed by atoms with Crippen molar-refractivity contribution >= 4 is 77.2 Å². The Morgan fingerprint density at radius 2 is 1.09 bits per heavy atom. The fraction of sp³-hybridized carbons (Fsp3) is 0. The fourth-order valence-corrected chi connectivity index (χ4v) is 9.03. The predicted molar refractivity (Wildman–Crippen MR) is 194 cm³/mol. The van der Waals surface area contributed by atoms with Gasteiger partial charge in [0.15, 0.2) is 0 Å². The molecule has 7 aromatic carbocycles. The van der Waals surface area contributed by atoms with Gasteiger partial charge in [0, 0.05) is 48.1 Å². The Bertz CT molecular complexity index is 2890. The van der Waals surface area contributed by atoms with Gasteiger partial charge in [-0.1, -0.05) is 109 Å². The molecule has 11 rings (SSSR count). The average molecular weight is 604 g/mol. The van der Waals surface area contributed by atoms with E-state index in [0.29, 0.717) is 0 Å². The monoisotopic (exact) mass is 603 g/mol. The summed E-state index contributed by atoms with van der Waals surface area (Å²) in [5.41, 5.74) is 9.71. The van der Waals surface area contributed by atoms with Crippen LogP contribution in [-0.4, -0.2) is 13.7 Å². The first kappa shape index (κ1) is 24.6. The zero-order valence-electron chi connectivity index (χ0n) is 24.7. The zero-order valence-corrected chi connectivity index (χ0v) is 25.5. The van der Waals surface area contributed by atoms with E-state index in [1.807, 2.05) is 11.8 Å². The van der Waals surface area contributed by atoms with Crippen molar-refractivity contribution in [1.29, 1.82) is 0 Å². The van der Waals surface area contributed by atoms with Crippen LogP contribution in [0, 0.1) is 0 Å². The number of benzene rings is 7. The highest BCUT2D eigenvalue weighted by atomic mass is 32.2. The molecule has 0 spiro atoms. The summed E-state index contributed by atoms with van der Waals surface area (Å²) in [7, 11) is 0. The minimum atomic E-state index is 1.16. The standard InChI is InChI=1S/C42H25N3S/c1-2-12-27(13-3-1)44-34-19-9-7-16-31(34)40-32-17-10-20-38-41(32)45(42(40)44)36-25-28(22-24-37(36)46-38)43-33-18-8-6-15-30(33)39-29-14-5-4-11-26(29)21-23-35(39)43/h1-25H. The van der Waals surface area contributed by atoms with Crippen LogP contribution in [-0.2, 0) is 0 Å². The quantitative estimate of drug-likeness (QED) is 0.192.